The number of ether oxygens (including phenoxy) is 1. The molecule has 10 heteroatoms. The van der Waals surface area contributed by atoms with E-state index in [0.717, 1.165) is 0 Å². The van der Waals surface area contributed by atoms with Gasteiger partial charge in [-0.2, -0.15) is 10.4 Å². The molecule has 5 rings (SSSR count). The topological polar surface area (TPSA) is 123 Å². The molecule has 1 aromatic carbocycles. The number of nitriles is 1. The standard InChI is InChI=1S/C24H22FN7O2/c1-12-15-7-13(25)5-6-18(15)32-14(9-24(2,3)23(32)33)8-16-20(19(10-26)31(4)30-16)17-11-28-21(27)22(29-17)34-12/h5-7,9,11-12H,8H2,1-4H3,(H2,27,28)/t12-/m1/s1. The number of amides is 1. The molecule has 4 heterocycles. The molecule has 2 aliphatic heterocycles. The Kier molecular flexibility index (Phi) is 4.68. The predicted molar refractivity (Wildman–Crippen MR) is 122 cm³/mol. The van der Waals surface area contributed by atoms with Crippen LogP contribution in [-0.2, 0) is 18.3 Å². The molecule has 2 aliphatic rings. The maximum absolute atomic E-state index is 14.3. The number of carbonyl (C=O) groups is 1. The van der Waals surface area contributed by atoms with Crippen molar-refractivity contribution in [3.8, 4) is 23.2 Å². The van der Waals surface area contributed by atoms with Crippen LogP contribution in [0.15, 0.2) is 36.2 Å². The van der Waals surface area contributed by atoms with Crippen molar-refractivity contribution in [2.75, 3.05) is 10.6 Å². The van der Waals surface area contributed by atoms with Gasteiger partial charge in [0.15, 0.2) is 5.82 Å². The van der Waals surface area contributed by atoms with Gasteiger partial charge in [0.25, 0.3) is 5.88 Å². The summed E-state index contributed by atoms with van der Waals surface area (Å²) in [6.07, 6.45) is 2.87. The molecule has 1 amide bonds. The SMILES string of the molecule is C[C@H]1Oc2nc(cnc2N)-c2c(nn(C)c2C#N)CC2=CC(C)(C)C(=O)N2c2ccc(F)cc21. The van der Waals surface area contributed by atoms with Gasteiger partial charge in [0.05, 0.1) is 34.3 Å². The van der Waals surface area contributed by atoms with Gasteiger partial charge in [-0.3, -0.25) is 14.4 Å². The van der Waals surface area contributed by atoms with Crippen LogP contribution in [-0.4, -0.2) is 25.7 Å². The van der Waals surface area contributed by atoms with Crippen molar-refractivity contribution < 1.29 is 13.9 Å². The zero-order chi connectivity index (χ0) is 24.4. The second-order valence-electron chi connectivity index (χ2n) is 8.99. The first-order chi connectivity index (χ1) is 16.1. The highest BCUT2D eigenvalue weighted by atomic mass is 19.1. The fourth-order valence-corrected chi connectivity index (χ4v) is 4.50. The molecule has 1 atom stereocenters. The Morgan fingerprint density at radius 1 is 1.35 bits per heavy atom. The minimum absolute atomic E-state index is 0.0447. The van der Waals surface area contributed by atoms with Crippen molar-refractivity contribution in [3.05, 3.63) is 58.9 Å². The second kappa shape index (κ2) is 7.38. The lowest BCUT2D eigenvalue weighted by molar-refractivity contribution is -0.123. The number of fused-ring (bicyclic) bond motifs is 7. The van der Waals surface area contributed by atoms with Gasteiger partial charge in [0.1, 0.15) is 23.7 Å². The highest BCUT2D eigenvalue weighted by Gasteiger charge is 2.42. The van der Waals surface area contributed by atoms with Gasteiger partial charge in [0.2, 0.25) is 5.91 Å². The van der Waals surface area contributed by atoms with Crippen LogP contribution in [0.4, 0.5) is 15.9 Å². The summed E-state index contributed by atoms with van der Waals surface area (Å²) in [4.78, 5) is 23.8. The van der Waals surface area contributed by atoms with E-state index in [9.17, 15) is 14.4 Å². The summed E-state index contributed by atoms with van der Waals surface area (Å²) in [5.41, 5.74) is 8.57. The lowest BCUT2D eigenvalue weighted by Gasteiger charge is -2.28. The number of hydrogen-bond acceptors (Lipinski definition) is 7. The summed E-state index contributed by atoms with van der Waals surface area (Å²) in [5, 5.41) is 14.4. The number of halogens is 1. The third-order valence-corrected chi connectivity index (χ3v) is 6.12. The summed E-state index contributed by atoms with van der Waals surface area (Å²) in [6.45, 7) is 5.38. The number of nitrogens with two attached hydrogens (primary N) is 1. The highest BCUT2D eigenvalue weighted by Crippen LogP contribution is 2.43. The number of rotatable bonds is 0. The van der Waals surface area contributed by atoms with E-state index in [1.807, 2.05) is 19.9 Å². The van der Waals surface area contributed by atoms with E-state index in [0.29, 0.717) is 39.6 Å². The number of hydrogen-bond donors (Lipinski definition) is 1. The fourth-order valence-electron chi connectivity index (χ4n) is 4.50. The third kappa shape index (κ3) is 3.20. The molecule has 0 fully saturated rings. The average Bonchev–Trinajstić information content (AvgIpc) is 3.20. The van der Waals surface area contributed by atoms with Crippen LogP contribution in [0.1, 0.15) is 43.8 Å². The lowest BCUT2D eigenvalue weighted by atomic mass is 9.94. The molecule has 0 aliphatic carbocycles. The molecule has 0 unspecified atom stereocenters. The molecule has 9 nitrogen and oxygen atoms in total. The van der Waals surface area contributed by atoms with E-state index in [1.54, 1.807) is 24.9 Å². The zero-order valence-corrected chi connectivity index (χ0v) is 19.1. The molecule has 3 aromatic rings. The molecular formula is C24H22FN7O2. The van der Waals surface area contributed by atoms with Gasteiger partial charge in [0, 0.05) is 24.7 Å². The predicted octanol–water partition coefficient (Wildman–Crippen LogP) is 3.42. The van der Waals surface area contributed by atoms with Gasteiger partial charge in [-0.25, -0.2) is 14.4 Å². The van der Waals surface area contributed by atoms with Crippen LogP contribution in [0.5, 0.6) is 5.88 Å². The van der Waals surface area contributed by atoms with Crippen LogP contribution >= 0.6 is 0 Å². The van der Waals surface area contributed by atoms with Gasteiger partial charge in [-0.1, -0.05) is 0 Å². The number of nitrogens with zero attached hydrogens (tertiary/aromatic N) is 6. The molecule has 2 aromatic heterocycles. The summed E-state index contributed by atoms with van der Waals surface area (Å²) >= 11 is 0. The number of nitrogen functional groups attached to an aromatic ring is 1. The van der Waals surface area contributed by atoms with Crippen LogP contribution in [0.25, 0.3) is 11.3 Å². The van der Waals surface area contributed by atoms with Crippen LogP contribution in [0.2, 0.25) is 0 Å². The quantitative estimate of drug-likeness (QED) is 0.546. The smallest absolute Gasteiger partial charge is 0.258 e. The normalized spacial score (nSPS) is 18.5. The minimum Gasteiger partial charge on any atom is -0.467 e. The number of aryl methyl sites for hydroxylation is 1. The molecule has 0 spiro atoms. The van der Waals surface area contributed by atoms with Crippen LogP contribution in [0, 0.1) is 22.6 Å². The number of benzene rings is 1. The molecular weight excluding hydrogens is 437 g/mol. The summed E-state index contributed by atoms with van der Waals surface area (Å²) < 4.78 is 21.8. The molecule has 0 saturated carbocycles. The number of allylic oxidation sites excluding steroid dienone is 1. The molecule has 0 saturated heterocycles. The Morgan fingerprint density at radius 2 is 2.12 bits per heavy atom. The van der Waals surface area contributed by atoms with Crippen molar-refractivity contribution >= 4 is 17.4 Å². The van der Waals surface area contributed by atoms with E-state index in [-0.39, 0.29) is 24.0 Å². The Hall–Kier alpha value is -4.26. The molecule has 0 radical (unpaired) electrons. The van der Waals surface area contributed by atoms with E-state index in [4.69, 9.17) is 10.5 Å². The summed E-state index contributed by atoms with van der Waals surface area (Å²) in [6, 6.07) is 6.39. The van der Waals surface area contributed by atoms with Gasteiger partial charge in [-0.05, 0) is 45.0 Å². The van der Waals surface area contributed by atoms with Crippen molar-refractivity contribution in [1.82, 2.24) is 19.7 Å². The van der Waals surface area contributed by atoms with Crippen LogP contribution in [0.3, 0.4) is 0 Å². The van der Waals surface area contributed by atoms with Crippen molar-refractivity contribution in [2.24, 2.45) is 12.5 Å². The van der Waals surface area contributed by atoms with Crippen molar-refractivity contribution in [1.29, 1.82) is 5.26 Å². The Labute approximate surface area is 195 Å². The lowest BCUT2D eigenvalue weighted by Crippen LogP contribution is -2.34. The first-order valence-corrected chi connectivity index (χ1v) is 10.7. The van der Waals surface area contributed by atoms with E-state index < -0.39 is 17.3 Å². The first-order valence-electron chi connectivity index (χ1n) is 10.7. The maximum atomic E-state index is 14.3. The first kappa shape index (κ1) is 21.6. The number of aromatic nitrogens is 4. The number of anilines is 2. The average molecular weight is 459 g/mol. The van der Waals surface area contributed by atoms with Gasteiger partial charge in [-0.15, -0.1) is 0 Å². The molecule has 34 heavy (non-hydrogen) atoms. The van der Waals surface area contributed by atoms with Crippen molar-refractivity contribution in [3.63, 3.8) is 0 Å². The Balaban J connectivity index is 1.82. The molecule has 2 N–H and O–H groups in total. The maximum Gasteiger partial charge on any atom is 0.258 e. The van der Waals surface area contributed by atoms with Crippen LogP contribution < -0.4 is 15.4 Å². The third-order valence-electron chi connectivity index (χ3n) is 6.12. The van der Waals surface area contributed by atoms with E-state index >= 15 is 0 Å². The summed E-state index contributed by atoms with van der Waals surface area (Å²) in [7, 11) is 1.67. The van der Waals surface area contributed by atoms with E-state index in [2.05, 4.69) is 21.1 Å². The molecule has 2 bridgehead atoms. The Morgan fingerprint density at radius 3 is 2.85 bits per heavy atom. The largest absolute Gasteiger partial charge is 0.467 e. The minimum atomic E-state index is -0.792. The second-order valence-corrected chi connectivity index (χ2v) is 8.99. The fraction of sp³-hybridized carbons (Fsp3) is 0.292. The monoisotopic (exact) mass is 459 g/mol. The van der Waals surface area contributed by atoms with Gasteiger partial charge >= 0.3 is 0 Å². The molecule has 172 valence electrons. The van der Waals surface area contributed by atoms with E-state index in [1.165, 1.54) is 23.0 Å². The highest BCUT2D eigenvalue weighted by molar-refractivity contribution is 6.05. The Bertz CT molecular complexity index is 1430. The van der Waals surface area contributed by atoms with Crippen molar-refractivity contribution in [2.45, 2.75) is 33.3 Å². The van der Waals surface area contributed by atoms with Gasteiger partial charge < -0.3 is 10.5 Å². The number of carbonyl (C=O) groups excluding carboxylic acids is 1. The summed E-state index contributed by atoms with van der Waals surface area (Å²) in [5.74, 6) is -0.525. The zero-order valence-electron chi connectivity index (χ0n) is 19.1.